The smallest absolute Gasteiger partial charge is 0.214 e. The molecule has 0 spiro atoms. The first-order chi connectivity index (χ1) is 16.4. The highest BCUT2D eigenvalue weighted by Crippen LogP contribution is 2.21. The third kappa shape index (κ3) is 6.63. The molecule has 1 aromatic heterocycles. The molecule has 0 unspecified atom stereocenters. The van der Waals surface area contributed by atoms with Crippen molar-refractivity contribution in [3.05, 3.63) is 82.9 Å². The lowest BCUT2D eigenvalue weighted by Gasteiger charge is -2.35. The van der Waals surface area contributed by atoms with Crippen LogP contribution in [0.3, 0.4) is 0 Å². The van der Waals surface area contributed by atoms with Crippen molar-refractivity contribution in [3.63, 3.8) is 0 Å². The molecule has 1 aliphatic rings. The van der Waals surface area contributed by atoms with E-state index in [-0.39, 0.29) is 5.75 Å². The molecule has 0 bridgehead atoms. The lowest BCUT2D eigenvalue weighted by atomic mass is 10.1. The van der Waals surface area contributed by atoms with Crippen molar-refractivity contribution >= 4 is 51.1 Å². The van der Waals surface area contributed by atoms with Gasteiger partial charge in [-0.05, 0) is 53.4 Å². The molecule has 0 saturated carbocycles. The number of aromatic nitrogens is 2. The SMILES string of the molecule is O=S(=O)(CCCCl)N1CCN(c2ccc(/C=C/c3cc(Cl)cc(Cn4ccnc4)c3)cc2)CC1. The van der Waals surface area contributed by atoms with Crippen molar-refractivity contribution in [2.24, 2.45) is 0 Å². The van der Waals surface area contributed by atoms with Crippen LogP contribution in [-0.4, -0.2) is 60.1 Å². The molecule has 1 aliphatic heterocycles. The van der Waals surface area contributed by atoms with Gasteiger partial charge in [0, 0.05) is 61.7 Å². The third-order valence-electron chi connectivity index (χ3n) is 5.80. The minimum atomic E-state index is -3.21. The molecule has 0 radical (unpaired) electrons. The van der Waals surface area contributed by atoms with Crippen LogP contribution in [0, 0.1) is 0 Å². The number of nitrogens with zero attached hydrogens (tertiary/aromatic N) is 4. The number of benzene rings is 2. The predicted molar refractivity (Wildman–Crippen MR) is 141 cm³/mol. The van der Waals surface area contributed by atoms with E-state index >= 15 is 0 Å². The van der Waals surface area contributed by atoms with Gasteiger partial charge in [0.1, 0.15) is 0 Å². The monoisotopic (exact) mass is 518 g/mol. The molecular weight excluding hydrogens is 491 g/mol. The number of hydrogen-bond acceptors (Lipinski definition) is 4. The van der Waals surface area contributed by atoms with E-state index in [0.717, 1.165) is 28.9 Å². The molecule has 2 aromatic carbocycles. The second-order valence-corrected chi connectivity index (χ2v) is 11.2. The van der Waals surface area contributed by atoms with Crippen LogP contribution < -0.4 is 4.90 Å². The van der Waals surface area contributed by atoms with Crippen LogP contribution >= 0.6 is 23.2 Å². The Morgan fingerprint density at radius 2 is 1.71 bits per heavy atom. The molecule has 0 amide bonds. The maximum Gasteiger partial charge on any atom is 0.214 e. The number of rotatable bonds is 9. The second-order valence-electron chi connectivity index (χ2n) is 8.30. The van der Waals surface area contributed by atoms with Crippen molar-refractivity contribution < 1.29 is 8.42 Å². The fraction of sp³-hybridized carbons (Fsp3) is 0.320. The quantitative estimate of drug-likeness (QED) is 0.300. The van der Waals surface area contributed by atoms with Crippen molar-refractivity contribution in [3.8, 4) is 0 Å². The molecule has 0 atom stereocenters. The Hall–Kier alpha value is -2.32. The van der Waals surface area contributed by atoms with Gasteiger partial charge in [-0.15, -0.1) is 11.6 Å². The number of hydrogen-bond donors (Lipinski definition) is 0. The van der Waals surface area contributed by atoms with E-state index in [1.165, 1.54) is 0 Å². The van der Waals surface area contributed by atoms with Gasteiger partial charge in [0.25, 0.3) is 0 Å². The Morgan fingerprint density at radius 3 is 2.38 bits per heavy atom. The zero-order valence-electron chi connectivity index (χ0n) is 18.9. The fourth-order valence-corrected chi connectivity index (χ4v) is 6.08. The van der Waals surface area contributed by atoms with Crippen molar-refractivity contribution in [1.82, 2.24) is 13.9 Å². The number of alkyl halides is 1. The molecule has 180 valence electrons. The second kappa shape index (κ2) is 11.4. The largest absolute Gasteiger partial charge is 0.369 e. The normalized spacial score (nSPS) is 15.3. The van der Waals surface area contributed by atoms with E-state index in [0.29, 0.717) is 43.5 Å². The van der Waals surface area contributed by atoms with Gasteiger partial charge >= 0.3 is 0 Å². The molecule has 9 heteroatoms. The molecule has 1 fully saturated rings. The van der Waals surface area contributed by atoms with E-state index in [4.69, 9.17) is 23.2 Å². The zero-order valence-corrected chi connectivity index (χ0v) is 21.2. The Balaban J connectivity index is 1.36. The van der Waals surface area contributed by atoms with Gasteiger partial charge in [-0.2, -0.15) is 4.31 Å². The van der Waals surface area contributed by atoms with Crippen LogP contribution in [0.4, 0.5) is 5.69 Å². The minimum Gasteiger partial charge on any atom is -0.369 e. The number of piperazine rings is 1. The summed E-state index contributed by atoms with van der Waals surface area (Å²) in [5, 5.41) is 0.705. The number of imidazole rings is 1. The topological polar surface area (TPSA) is 58.4 Å². The van der Waals surface area contributed by atoms with Gasteiger partial charge < -0.3 is 9.47 Å². The highest BCUT2D eigenvalue weighted by molar-refractivity contribution is 7.89. The molecule has 4 rings (SSSR count). The van der Waals surface area contributed by atoms with Crippen LogP contribution in [0.5, 0.6) is 0 Å². The van der Waals surface area contributed by atoms with Gasteiger partial charge in [0.2, 0.25) is 10.0 Å². The molecule has 0 aliphatic carbocycles. The van der Waals surface area contributed by atoms with Gasteiger partial charge in [-0.3, -0.25) is 0 Å². The first kappa shape index (κ1) is 24.8. The highest BCUT2D eigenvalue weighted by Gasteiger charge is 2.26. The summed E-state index contributed by atoms with van der Waals surface area (Å²) in [6.45, 7) is 3.08. The van der Waals surface area contributed by atoms with E-state index < -0.39 is 10.0 Å². The van der Waals surface area contributed by atoms with Crippen molar-refractivity contribution in [2.45, 2.75) is 13.0 Å². The van der Waals surface area contributed by atoms with Gasteiger partial charge in [0.05, 0.1) is 12.1 Å². The molecule has 1 saturated heterocycles. The molecular formula is C25H28Cl2N4O2S. The lowest BCUT2D eigenvalue weighted by Crippen LogP contribution is -2.49. The zero-order chi connectivity index (χ0) is 24.0. The summed E-state index contributed by atoms with van der Waals surface area (Å²) in [6.07, 6.45) is 10.1. The first-order valence-electron chi connectivity index (χ1n) is 11.2. The summed E-state index contributed by atoms with van der Waals surface area (Å²) in [6, 6.07) is 14.4. The number of anilines is 1. The first-order valence-corrected chi connectivity index (χ1v) is 13.8. The summed E-state index contributed by atoms with van der Waals surface area (Å²) in [7, 11) is -3.21. The van der Waals surface area contributed by atoms with E-state index in [9.17, 15) is 8.42 Å². The average molecular weight is 519 g/mol. The average Bonchev–Trinajstić information content (AvgIpc) is 3.35. The number of halogens is 2. The summed E-state index contributed by atoms with van der Waals surface area (Å²) in [4.78, 5) is 6.31. The maximum atomic E-state index is 12.4. The van der Waals surface area contributed by atoms with E-state index in [1.807, 2.05) is 22.9 Å². The Bertz CT molecular complexity index is 1200. The summed E-state index contributed by atoms with van der Waals surface area (Å²) >= 11 is 12.0. The van der Waals surface area contributed by atoms with Crippen molar-refractivity contribution in [2.75, 3.05) is 42.7 Å². The summed E-state index contributed by atoms with van der Waals surface area (Å²) in [5.41, 5.74) is 4.34. The minimum absolute atomic E-state index is 0.120. The Morgan fingerprint density at radius 1 is 0.971 bits per heavy atom. The highest BCUT2D eigenvalue weighted by atomic mass is 35.5. The van der Waals surface area contributed by atoms with Gasteiger partial charge in [-0.25, -0.2) is 13.4 Å². The van der Waals surface area contributed by atoms with Crippen LogP contribution in [0.2, 0.25) is 5.02 Å². The standard InChI is InChI=1S/C25H28Cl2N4O2S/c26-8-1-15-34(32,33)31-13-11-30(12-14-31)25-6-4-21(5-7-25)2-3-22-16-23(18-24(27)17-22)19-29-10-9-28-20-29/h2-7,9-10,16-18,20H,1,8,11-15,19H2/b3-2+. The molecule has 3 aromatic rings. The predicted octanol–water partition coefficient (Wildman–Crippen LogP) is 4.84. The molecule has 2 heterocycles. The number of sulfonamides is 1. The maximum absolute atomic E-state index is 12.4. The van der Waals surface area contributed by atoms with Gasteiger partial charge in [0.15, 0.2) is 0 Å². The van der Waals surface area contributed by atoms with Crippen LogP contribution in [0.1, 0.15) is 23.1 Å². The fourth-order valence-electron chi connectivity index (χ4n) is 4.03. The van der Waals surface area contributed by atoms with Crippen LogP contribution in [-0.2, 0) is 16.6 Å². The molecule has 0 N–H and O–H groups in total. The Kier molecular flexibility index (Phi) is 8.32. The summed E-state index contributed by atoms with van der Waals surface area (Å²) in [5.74, 6) is 0.485. The molecule has 34 heavy (non-hydrogen) atoms. The van der Waals surface area contributed by atoms with E-state index in [1.54, 1.807) is 16.8 Å². The lowest BCUT2D eigenvalue weighted by molar-refractivity contribution is 0.384. The van der Waals surface area contributed by atoms with E-state index in [2.05, 4.69) is 52.4 Å². The molecule has 6 nitrogen and oxygen atoms in total. The van der Waals surface area contributed by atoms with Gasteiger partial charge in [-0.1, -0.05) is 35.9 Å². The van der Waals surface area contributed by atoms with Crippen LogP contribution in [0.15, 0.2) is 61.2 Å². The summed E-state index contributed by atoms with van der Waals surface area (Å²) < 4.78 is 28.3. The third-order valence-corrected chi connectivity index (χ3v) is 8.24. The van der Waals surface area contributed by atoms with Crippen molar-refractivity contribution in [1.29, 1.82) is 0 Å². The Labute approximate surface area is 211 Å². The van der Waals surface area contributed by atoms with Crippen LogP contribution in [0.25, 0.3) is 12.2 Å².